The number of fused-ring (bicyclic) bond motifs is 1. The van der Waals surface area contributed by atoms with Crippen LogP contribution >= 0.6 is 15.9 Å². The van der Waals surface area contributed by atoms with Crippen LogP contribution in [0.5, 0.6) is 0 Å². The van der Waals surface area contributed by atoms with Crippen LogP contribution in [-0.4, -0.2) is 16.7 Å². The molecule has 0 unspecified atom stereocenters. The van der Waals surface area contributed by atoms with Crippen LogP contribution in [0.1, 0.15) is 21.5 Å². The van der Waals surface area contributed by atoms with Crippen LogP contribution in [0.2, 0.25) is 0 Å². The second-order valence-electron chi connectivity index (χ2n) is 4.85. The van der Waals surface area contributed by atoms with Crippen molar-refractivity contribution in [2.45, 2.75) is 0 Å². The molecule has 0 saturated heterocycles. The van der Waals surface area contributed by atoms with E-state index in [0.717, 1.165) is 10.0 Å². The quantitative estimate of drug-likeness (QED) is 0.663. The Morgan fingerprint density at radius 1 is 1.00 bits per heavy atom. The van der Waals surface area contributed by atoms with Crippen LogP contribution in [0.3, 0.4) is 0 Å². The molecule has 0 aliphatic heterocycles. The third kappa shape index (κ3) is 2.53. The molecule has 0 amide bonds. The van der Waals surface area contributed by atoms with Crippen molar-refractivity contribution >= 4 is 39.3 Å². The number of aliphatic hydroxyl groups excluding tert-OH is 1. The predicted molar refractivity (Wildman–Crippen MR) is 88.5 cm³/mol. The van der Waals surface area contributed by atoms with E-state index >= 15 is 0 Å². The molecule has 0 heterocycles. The summed E-state index contributed by atoms with van der Waals surface area (Å²) in [6, 6.07) is 14.0. The lowest BCUT2D eigenvalue weighted by Gasteiger charge is -1.97. The molecule has 2 aromatic rings. The lowest BCUT2D eigenvalue weighted by atomic mass is 10.1. The highest BCUT2D eigenvalue weighted by Gasteiger charge is 2.32. The van der Waals surface area contributed by atoms with Crippen LogP contribution in [0.4, 0.5) is 0 Å². The van der Waals surface area contributed by atoms with Gasteiger partial charge in [0, 0.05) is 15.6 Å². The molecule has 0 radical (unpaired) electrons. The fraction of sp³-hybridized carbons (Fsp3) is 0. The lowest BCUT2D eigenvalue weighted by molar-refractivity contribution is -0.110. The average molecular weight is 355 g/mol. The fourth-order valence-corrected chi connectivity index (χ4v) is 2.59. The Hall–Kier alpha value is -2.46. The standard InChI is InChI=1S/C18H11BrO3/c19-12-8-5-11(6-9-12)7-10-15(20)16-17(21)13-3-1-2-4-14(13)18(16)22/h1-10,21H. The van der Waals surface area contributed by atoms with Gasteiger partial charge >= 0.3 is 0 Å². The van der Waals surface area contributed by atoms with E-state index in [2.05, 4.69) is 15.9 Å². The highest BCUT2D eigenvalue weighted by Crippen LogP contribution is 2.31. The predicted octanol–water partition coefficient (Wildman–Crippen LogP) is 4.20. The summed E-state index contributed by atoms with van der Waals surface area (Å²) in [7, 11) is 0. The normalized spacial score (nSPS) is 13.8. The van der Waals surface area contributed by atoms with Gasteiger partial charge in [-0.1, -0.05) is 58.4 Å². The highest BCUT2D eigenvalue weighted by atomic mass is 79.9. The number of Topliss-reactive ketones (excluding diaryl/α,β-unsaturated/α-hetero) is 1. The Morgan fingerprint density at radius 2 is 1.64 bits per heavy atom. The summed E-state index contributed by atoms with van der Waals surface area (Å²) >= 11 is 3.34. The van der Waals surface area contributed by atoms with E-state index in [4.69, 9.17) is 0 Å². The van der Waals surface area contributed by atoms with Crippen molar-refractivity contribution in [2.24, 2.45) is 0 Å². The maximum Gasteiger partial charge on any atom is 0.201 e. The van der Waals surface area contributed by atoms with Crippen molar-refractivity contribution < 1.29 is 14.7 Å². The molecule has 3 rings (SSSR count). The summed E-state index contributed by atoms with van der Waals surface area (Å²) in [5.74, 6) is -1.17. The van der Waals surface area contributed by atoms with Crippen LogP contribution < -0.4 is 0 Å². The maximum atomic E-state index is 12.2. The van der Waals surface area contributed by atoms with Crippen molar-refractivity contribution in [2.75, 3.05) is 0 Å². The summed E-state index contributed by atoms with van der Waals surface area (Å²) in [6.07, 6.45) is 2.92. The van der Waals surface area contributed by atoms with Gasteiger partial charge in [-0.25, -0.2) is 0 Å². The molecule has 4 heteroatoms. The molecule has 108 valence electrons. The monoisotopic (exact) mass is 354 g/mol. The van der Waals surface area contributed by atoms with Gasteiger partial charge in [-0.2, -0.15) is 0 Å². The molecule has 22 heavy (non-hydrogen) atoms. The van der Waals surface area contributed by atoms with Crippen molar-refractivity contribution in [3.63, 3.8) is 0 Å². The van der Waals surface area contributed by atoms with E-state index in [1.807, 2.05) is 24.3 Å². The molecule has 0 saturated carbocycles. The fourth-order valence-electron chi connectivity index (χ4n) is 2.32. The number of halogens is 1. The maximum absolute atomic E-state index is 12.2. The van der Waals surface area contributed by atoms with E-state index in [-0.39, 0.29) is 11.3 Å². The van der Waals surface area contributed by atoms with Gasteiger partial charge in [0.25, 0.3) is 0 Å². The van der Waals surface area contributed by atoms with E-state index in [9.17, 15) is 14.7 Å². The molecular formula is C18H11BrO3. The van der Waals surface area contributed by atoms with Gasteiger partial charge in [-0.15, -0.1) is 0 Å². The molecular weight excluding hydrogens is 344 g/mol. The minimum absolute atomic E-state index is 0.172. The first kappa shape index (κ1) is 14.5. The largest absolute Gasteiger partial charge is 0.506 e. The minimum Gasteiger partial charge on any atom is -0.506 e. The van der Waals surface area contributed by atoms with Gasteiger partial charge in [0.15, 0.2) is 5.78 Å². The molecule has 0 bridgehead atoms. The van der Waals surface area contributed by atoms with Gasteiger partial charge < -0.3 is 5.11 Å². The molecule has 0 atom stereocenters. The van der Waals surface area contributed by atoms with Crippen molar-refractivity contribution in [1.29, 1.82) is 0 Å². The number of carbonyl (C=O) groups is 2. The van der Waals surface area contributed by atoms with E-state index in [1.165, 1.54) is 6.08 Å². The third-order valence-electron chi connectivity index (χ3n) is 3.43. The Labute approximate surface area is 135 Å². The van der Waals surface area contributed by atoms with Crippen molar-refractivity contribution in [3.8, 4) is 0 Å². The first-order chi connectivity index (χ1) is 10.6. The zero-order valence-corrected chi connectivity index (χ0v) is 13.0. The van der Waals surface area contributed by atoms with Crippen LogP contribution in [0.15, 0.2) is 64.7 Å². The van der Waals surface area contributed by atoms with Gasteiger partial charge in [-0.05, 0) is 23.8 Å². The number of benzene rings is 2. The molecule has 1 N–H and O–H groups in total. The first-order valence-corrected chi connectivity index (χ1v) is 7.42. The molecule has 0 aromatic heterocycles. The number of hydrogen-bond acceptors (Lipinski definition) is 3. The zero-order chi connectivity index (χ0) is 15.7. The smallest absolute Gasteiger partial charge is 0.201 e. The SMILES string of the molecule is O=C(C=Cc1ccc(Br)cc1)C1=C(O)c2ccccc2C1=O. The van der Waals surface area contributed by atoms with E-state index in [1.54, 1.807) is 30.3 Å². The van der Waals surface area contributed by atoms with Crippen molar-refractivity contribution in [1.82, 2.24) is 0 Å². The number of allylic oxidation sites excluding steroid dienone is 2. The molecule has 1 aliphatic rings. The van der Waals surface area contributed by atoms with Gasteiger partial charge in [-0.3, -0.25) is 9.59 Å². The van der Waals surface area contributed by atoms with E-state index in [0.29, 0.717) is 11.1 Å². The van der Waals surface area contributed by atoms with Gasteiger partial charge in [0.05, 0.1) is 0 Å². The molecule has 3 nitrogen and oxygen atoms in total. The number of rotatable bonds is 3. The molecule has 0 fully saturated rings. The topological polar surface area (TPSA) is 54.4 Å². The molecule has 0 spiro atoms. The number of carbonyl (C=O) groups excluding carboxylic acids is 2. The van der Waals surface area contributed by atoms with Crippen molar-refractivity contribution in [3.05, 3.63) is 81.3 Å². The summed E-state index contributed by atoms with van der Waals surface area (Å²) in [4.78, 5) is 24.5. The molecule has 2 aromatic carbocycles. The molecule has 1 aliphatic carbocycles. The Morgan fingerprint density at radius 3 is 2.27 bits per heavy atom. The number of hydrogen-bond donors (Lipinski definition) is 1. The minimum atomic E-state index is -0.499. The summed E-state index contributed by atoms with van der Waals surface area (Å²) in [5, 5.41) is 10.1. The second-order valence-corrected chi connectivity index (χ2v) is 5.76. The first-order valence-electron chi connectivity index (χ1n) is 6.63. The summed E-state index contributed by atoms with van der Waals surface area (Å²) in [5.41, 5.74) is 1.43. The second kappa shape index (κ2) is 5.73. The Bertz CT molecular complexity index is 830. The zero-order valence-electron chi connectivity index (χ0n) is 11.4. The summed E-state index contributed by atoms with van der Waals surface area (Å²) in [6.45, 7) is 0. The number of aliphatic hydroxyl groups is 1. The van der Waals surface area contributed by atoms with Crippen LogP contribution in [0, 0.1) is 0 Å². The van der Waals surface area contributed by atoms with Gasteiger partial charge in [0.1, 0.15) is 11.3 Å². The van der Waals surface area contributed by atoms with Gasteiger partial charge in [0.2, 0.25) is 5.78 Å². The Kier molecular flexibility index (Phi) is 3.77. The number of ketones is 2. The Balaban J connectivity index is 1.89. The average Bonchev–Trinajstić information content (AvgIpc) is 2.79. The lowest BCUT2D eigenvalue weighted by Crippen LogP contribution is -2.08. The van der Waals surface area contributed by atoms with E-state index < -0.39 is 11.6 Å². The van der Waals surface area contributed by atoms with Crippen LogP contribution in [0.25, 0.3) is 11.8 Å². The highest BCUT2D eigenvalue weighted by molar-refractivity contribution is 9.10. The van der Waals surface area contributed by atoms with Crippen LogP contribution in [-0.2, 0) is 4.79 Å². The summed E-state index contributed by atoms with van der Waals surface area (Å²) < 4.78 is 0.942. The third-order valence-corrected chi connectivity index (χ3v) is 3.96.